The Morgan fingerprint density at radius 3 is 2.14 bits per heavy atom. The van der Waals surface area contributed by atoms with Gasteiger partial charge in [0.2, 0.25) is 0 Å². The number of fused-ring (bicyclic) bond motifs is 1. The van der Waals surface area contributed by atoms with Crippen molar-refractivity contribution in [3.05, 3.63) is 71.2 Å². The molecule has 4 aromatic rings. The number of rotatable bonds is 12. The first-order valence-corrected chi connectivity index (χ1v) is 14.4. The van der Waals surface area contributed by atoms with E-state index >= 15 is 0 Å². The summed E-state index contributed by atoms with van der Waals surface area (Å²) in [5, 5.41) is 60.2. The summed E-state index contributed by atoms with van der Waals surface area (Å²) < 4.78 is 41.5. The maximum absolute atomic E-state index is 12.0. The van der Waals surface area contributed by atoms with Crippen LogP contribution in [-0.2, 0) is 28.9 Å². The Kier molecular flexibility index (Phi) is 10.6. The summed E-state index contributed by atoms with van der Waals surface area (Å²) >= 11 is 7.09. The molecule has 0 aliphatic carbocycles. The maximum Gasteiger partial charge on any atom is 0.338 e. The molecule has 0 radical (unpaired) electrons. The van der Waals surface area contributed by atoms with Crippen molar-refractivity contribution in [2.75, 3.05) is 0 Å². The van der Waals surface area contributed by atoms with Gasteiger partial charge >= 0.3 is 5.97 Å². The van der Waals surface area contributed by atoms with Crippen molar-refractivity contribution < 1.29 is 57.2 Å². The van der Waals surface area contributed by atoms with E-state index in [9.17, 15) is 28.0 Å². The Hall–Kier alpha value is -3.73. The highest BCUT2D eigenvalue weighted by Crippen LogP contribution is 2.45. The zero-order valence-corrected chi connectivity index (χ0v) is 24.0. The predicted molar refractivity (Wildman–Crippen MR) is 150 cm³/mol. The lowest BCUT2D eigenvalue weighted by Crippen LogP contribution is -1.99. The fraction of sp³-hybridized carbons (Fsp3) is 0. The molecular weight excluding hydrogens is 656 g/mol. The van der Waals surface area contributed by atoms with Gasteiger partial charge in [-0.15, -0.1) is 18.9 Å². The van der Waals surface area contributed by atoms with Crippen molar-refractivity contribution >= 4 is 85.3 Å². The van der Waals surface area contributed by atoms with E-state index in [4.69, 9.17) is 22.1 Å². The number of aromatic carboxylic acids is 1. The van der Waals surface area contributed by atoms with Crippen LogP contribution < -0.4 is 0 Å². The summed E-state index contributed by atoms with van der Waals surface area (Å²) in [6.45, 7) is 0. The summed E-state index contributed by atoms with van der Waals surface area (Å²) in [6, 6.07) is 13.6. The fourth-order valence-electron chi connectivity index (χ4n) is 3.44. The third-order valence-corrected chi connectivity index (χ3v) is 7.81. The van der Waals surface area contributed by atoms with Gasteiger partial charge in [0.05, 0.1) is 50.9 Å². The molecule has 0 aliphatic heterocycles. The average molecular weight is 671 g/mol. The predicted octanol–water partition coefficient (Wildman–Crippen LogP) is 7.83. The van der Waals surface area contributed by atoms with Crippen molar-refractivity contribution in [1.29, 1.82) is 0 Å². The molecule has 0 atom stereocenters. The summed E-state index contributed by atoms with van der Waals surface area (Å²) in [7, 11) is -4.71. The molecule has 20 heteroatoms. The summed E-state index contributed by atoms with van der Waals surface area (Å²) in [5.74, 6) is -1.95. The van der Waals surface area contributed by atoms with Gasteiger partial charge in [0.25, 0.3) is 10.1 Å². The van der Waals surface area contributed by atoms with Crippen LogP contribution in [0.15, 0.2) is 95.8 Å². The van der Waals surface area contributed by atoms with E-state index in [0.29, 0.717) is 22.6 Å². The lowest BCUT2D eigenvalue weighted by atomic mass is 10.1. The van der Waals surface area contributed by atoms with Gasteiger partial charge in [-0.05, 0) is 66.0 Å². The van der Waals surface area contributed by atoms with Crippen LogP contribution in [0.3, 0.4) is 0 Å². The molecule has 5 N–H and O–H groups in total. The summed E-state index contributed by atoms with van der Waals surface area (Å²) in [6.07, 6.45) is 0. The zero-order valence-electron chi connectivity index (χ0n) is 20.8. The third kappa shape index (κ3) is 8.01. The van der Waals surface area contributed by atoms with Crippen molar-refractivity contribution in [1.82, 2.24) is 0 Å². The van der Waals surface area contributed by atoms with Gasteiger partial charge in [-0.2, -0.15) is 18.6 Å². The highest BCUT2D eigenvalue weighted by Gasteiger charge is 2.21. The lowest BCUT2D eigenvalue weighted by Gasteiger charge is -2.11. The van der Waals surface area contributed by atoms with E-state index in [1.807, 2.05) is 0 Å². The van der Waals surface area contributed by atoms with Gasteiger partial charge in [0.1, 0.15) is 16.3 Å². The minimum Gasteiger partial charge on any atom is -0.505 e. The van der Waals surface area contributed by atoms with E-state index in [1.54, 1.807) is 24.3 Å². The van der Waals surface area contributed by atoms with Crippen LogP contribution >= 0.6 is 35.7 Å². The minimum atomic E-state index is -4.71. The van der Waals surface area contributed by atoms with E-state index in [2.05, 4.69) is 39.2 Å². The highest BCUT2D eigenvalue weighted by atomic mass is 35.5. The molecule has 4 aromatic carbocycles. The standard InChI is InChI=1S/C23H15ClN4O12S3/c24-17-10-15-11(8-20(17)43(34,35)36)7-19(42-40-38-33)21(22(15)29)28-27-18-6-3-13(9-16(18)23(30)31)26-25-12-1-4-14(5-2-12)41-39-37-32/h1-10,29,32-33H,(H,30,31)(H,34,35,36)/b26-25+,28-27+. The van der Waals surface area contributed by atoms with Crippen LogP contribution in [0.1, 0.15) is 10.4 Å². The van der Waals surface area contributed by atoms with Crippen molar-refractivity contribution in [3.63, 3.8) is 0 Å². The second-order valence-electron chi connectivity index (χ2n) is 7.90. The Morgan fingerprint density at radius 1 is 0.837 bits per heavy atom. The third-order valence-electron chi connectivity index (χ3n) is 5.28. The number of aromatic hydroxyl groups is 1. The molecule has 0 heterocycles. The second-order valence-corrected chi connectivity index (χ2v) is 11.2. The smallest absolute Gasteiger partial charge is 0.338 e. The molecule has 0 aromatic heterocycles. The van der Waals surface area contributed by atoms with Crippen molar-refractivity contribution in [3.8, 4) is 5.75 Å². The molecule has 0 spiro atoms. The van der Waals surface area contributed by atoms with Gasteiger partial charge in [0, 0.05) is 10.3 Å². The number of carbonyl (C=O) groups is 1. The highest BCUT2D eigenvalue weighted by molar-refractivity contribution is 7.94. The topological polar surface area (TPSA) is 239 Å². The number of azo groups is 2. The molecule has 0 saturated carbocycles. The van der Waals surface area contributed by atoms with E-state index in [-0.39, 0.29) is 38.3 Å². The molecule has 0 fully saturated rings. The van der Waals surface area contributed by atoms with Gasteiger partial charge < -0.3 is 10.2 Å². The average Bonchev–Trinajstić information content (AvgIpc) is 2.97. The van der Waals surface area contributed by atoms with Gasteiger partial charge in [-0.1, -0.05) is 21.7 Å². The molecule has 0 bridgehead atoms. The molecule has 224 valence electrons. The molecule has 0 aliphatic rings. The zero-order chi connectivity index (χ0) is 31.1. The van der Waals surface area contributed by atoms with Crippen LogP contribution in [-0.4, -0.2) is 39.7 Å². The van der Waals surface area contributed by atoms with Crippen LogP contribution in [0.5, 0.6) is 5.75 Å². The first-order chi connectivity index (χ1) is 20.5. The van der Waals surface area contributed by atoms with Crippen LogP contribution in [0, 0.1) is 0 Å². The number of hydrogen-bond acceptors (Lipinski definition) is 16. The summed E-state index contributed by atoms with van der Waals surface area (Å²) in [5.41, 5.74) is -0.173. The lowest BCUT2D eigenvalue weighted by molar-refractivity contribution is -0.432. The van der Waals surface area contributed by atoms with Crippen LogP contribution in [0.2, 0.25) is 5.02 Å². The van der Waals surface area contributed by atoms with Crippen LogP contribution in [0.25, 0.3) is 10.8 Å². The number of nitrogens with zero attached hydrogens (tertiary/aromatic N) is 4. The Labute approximate surface area is 254 Å². The second kappa shape index (κ2) is 14.2. The number of hydrogen-bond donors (Lipinski definition) is 5. The van der Waals surface area contributed by atoms with E-state index < -0.39 is 31.8 Å². The molecule has 0 unspecified atom stereocenters. The number of phenols is 1. The number of carboxylic acid groups (broad SMARTS) is 1. The molecule has 0 amide bonds. The number of benzene rings is 4. The Balaban J connectivity index is 1.69. The first-order valence-electron chi connectivity index (χ1n) is 11.1. The molecular formula is C23H15ClN4O12S3. The molecule has 16 nitrogen and oxygen atoms in total. The fourth-order valence-corrected chi connectivity index (χ4v) is 5.33. The van der Waals surface area contributed by atoms with Gasteiger partial charge in [0.15, 0.2) is 5.75 Å². The quantitative estimate of drug-likeness (QED) is 0.0317. The molecule has 43 heavy (non-hydrogen) atoms. The number of phenolic OH excluding ortho intramolecular Hbond substituents is 1. The van der Waals surface area contributed by atoms with E-state index in [1.165, 1.54) is 24.3 Å². The van der Waals surface area contributed by atoms with Crippen LogP contribution in [0.4, 0.5) is 22.7 Å². The largest absolute Gasteiger partial charge is 0.505 e. The molecule has 4 rings (SSSR count). The van der Waals surface area contributed by atoms with Gasteiger partial charge in [-0.25, -0.2) is 15.3 Å². The first kappa shape index (κ1) is 32.2. The van der Waals surface area contributed by atoms with E-state index in [0.717, 1.165) is 24.2 Å². The number of carboxylic acids is 1. The maximum atomic E-state index is 12.0. The van der Waals surface area contributed by atoms with Gasteiger partial charge in [-0.3, -0.25) is 4.55 Å². The number of halogens is 1. The Morgan fingerprint density at radius 2 is 1.49 bits per heavy atom. The van der Waals surface area contributed by atoms with Crippen molar-refractivity contribution in [2.45, 2.75) is 14.7 Å². The van der Waals surface area contributed by atoms with Crippen molar-refractivity contribution in [2.24, 2.45) is 20.5 Å². The monoisotopic (exact) mass is 670 g/mol. The summed E-state index contributed by atoms with van der Waals surface area (Å²) in [4.78, 5) is 11.9. The Bertz CT molecular complexity index is 1840. The molecule has 0 saturated heterocycles. The minimum absolute atomic E-state index is 0.00397. The normalized spacial score (nSPS) is 12.1. The SMILES string of the molecule is O=C(O)c1cc(/N=N/c2ccc(SOOO)cc2)ccc1/N=N/c1c(SOOO)cc2cc(S(=O)(=O)O)c(Cl)cc2c1O.